The fraction of sp³-hybridized carbons (Fsp3) is 0.455. The third kappa shape index (κ3) is 4.08. The Kier molecular flexibility index (Phi) is 5.83. The summed E-state index contributed by atoms with van der Waals surface area (Å²) in [5.41, 5.74) is 1.89. The molecule has 1 fully saturated rings. The number of para-hydroxylation sites is 1. The van der Waals surface area contributed by atoms with Gasteiger partial charge < -0.3 is 19.9 Å². The van der Waals surface area contributed by atoms with Crippen LogP contribution in [0.3, 0.4) is 0 Å². The highest BCUT2D eigenvalue weighted by molar-refractivity contribution is 5.78. The van der Waals surface area contributed by atoms with E-state index < -0.39 is 0 Å². The Morgan fingerprint density at radius 2 is 2.00 bits per heavy atom. The molecule has 1 N–H and O–H groups in total. The van der Waals surface area contributed by atoms with Crippen molar-refractivity contribution in [3.05, 3.63) is 47.4 Å². The summed E-state index contributed by atoms with van der Waals surface area (Å²) in [6.07, 6.45) is 2.50. The molecule has 2 aliphatic heterocycles. The van der Waals surface area contributed by atoms with E-state index in [-0.39, 0.29) is 24.5 Å². The molecule has 2 aliphatic rings. The van der Waals surface area contributed by atoms with E-state index in [1.807, 2.05) is 42.3 Å². The van der Waals surface area contributed by atoms with Gasteiger partial charge in [0.2, 0.25) is 5.91 Å². The molecule has 0 radical (unpaired) electrons. The molecule has 0 spiro atoms. The van der Waals surface area contributed by atoms with Crippen LogP contribution in [0.2, 0.25) is 0 Å². The maximum absolute atomic E-state index is 12.7. The van der Waals surface area contributed by atoms with Gasteiger partial charge in [-0.15, -0.1) is 0 Å². The van der Waals surface area contributed by atoms with E-state index >= 15 is 0 Å². The maximum atomic E-state index is 12.7. The quantitative estimate of drug-likeness (QED) is 0.814. The first-order valence-corrected chi connectivity index (χ1v) is 10.4. The van der Waals surface area contributed by atoms with Crippen LogP contribution in [0.1, 0.15) is 42.9 Å². The minimum Gasteiger partial charge on any atom is -0.484 e. The number of hydrogen-bond donors (Lipinski definition) is 1. The zero-order chi connectivity index (χ0) is 21.1. The Labute approximate surface area is 176 Å². The largest absolute Gasteiger partial charge is 0.484 e. The predicted molar refractivity (Wildman–Crippen MR) is 112 cm³/mol. The molecule has 1 aromatic carbocycles. The van der Waals surface area contributed by atoms with Crippen molar-refractivity contribution in [3.8, 4) is 5.75 Å². The molecule has 0 aliphatic carbocycles. The lowest BCUT2D eigenvalue weighted by atomic mass is 10.0. The molecule has 1 saturated heterocycles. The van der Waals surface area contributed by atoms with E-state index in [1.165, 1.54) is 0 Å². The molecule has 2 amide bonds. The van der Waals surface area contributed by atoms with Gasteiger partial charge in [0.15, 0.2) is 12.4 Å². The van der Waals surface area contributed by atoms with Crippen LogP contribution >= 0.6 is 0 Å². The Hall–Kier alpha value is -3.16. The van der Waals surface area contributed by atoms with Crippen LogP contribution in [-0.2, 0) is 22.6 Å². The second kappa shape index (κ2) is 8.69. The molecule has 2 aromatic rings. The summed E-state index contributed by atoms with van der Waals surface area (Å²) >= 11 is 0. The van der Waals surface area contributed by atoms with Crippen molar-refractivity contribution in [2.75, 3.05) is 32.1 Å². The van der Waals surface area contributed by atoms with Crippen molar-refractivity contribution in [2.45, 2.75) is 38.8 Å². The third-order valence-electron chi connectivity index (χ3n) is 5.73. The number of hydrogen-bond acceptors (Lipinski definition) is 6. The second-order valence-electron chi connectivity index (χ2n) is 7.64. The van der Waals surface area contributed by atoms with Gasteiger partial charge in [-0.25, -0.2) is 9.97 Å². The van der Waals surface area contributed by atoms with Gasteiger partial charge in [-0.3, -0.25) is 9.59 Å². The van der Waals surface area contributed by atoms with E-state index in [0.29, 0.717) is 31.1 Å². The smallest absolute Gasteiger partial charge is 0.260 e. The van der Waals surface area contributed by atoms with Gasteiger partial charge in [0.05, 0.1) is 18.3 Å². The Balaban J connectivity index is 1.49. The number of likely N-dealkylation sites (tertiary alicyclic amines) is 1. The first-order valence-electron chi connectivity index (χ1n) is 10.4. The highest BCUT2D eigenvalue weighted by atomic mass is 16.5. The normalized spacial score (nSPS) is 18.1. The molecule has 3 heterocycles. The lowest BCUT2D eigenvalue weighted by Crippen LogP contribution is -2.40. The molecule has 8 heteroatoms. The number of carbonyl (C=O) groups is 2. The molecule has 4 rings (SSSR count). The lowest BCUT2D eigenvalue weighted by molar-refractivity contribution is -0.134. The second-order valence-corrected chi connectivity index (χ2v) is 7.64. The molecule has 1 atom stereocenters. The monoisotopic (exact) mass is 409 g/mol. The molecule has 0 bridgehead atoms. The summed E-state index contributed by atoms with van der Waals surface area (Å²) in [4.78, 5) is 37.8. The van der Waals surface area contributed by atoms with Gasteiger partial charge in [-0.05, 0) is 25.0 Å². The molecular formula is C22H27N5O3. The van der Waals surface area contributed by atoms with E-state index in [1.54, 1.807) is 11.8 Å². The number of nitrogens with zero attached hydrogens (tertiary/aromatic N) is 4. The van der Waals surface area contributed by atoms with Gasteiger partial charge in [0, 0.05) is 39.0 Å². The van der Waals surface area contributed by atoms with Crippen LogP contribution in [0.25, 0.3) is 0 Å². The fourth-order valence-corrected chi connectivity index (χ4v) is 4.17. The molecule has 0 unspecified atom stereocenters. The molecule has 1 aromatic heterocycles. The van der Waals surface area contributed by atoms with Gasteiger partial charge in [0.25, 0.3) is 5.91 Å². The number of amides is 2. The summed E-state index contributed by atoms with van der Waals surface area (Å²) < 4.78 is 5.61. The zero-order valence-electron chi connectivity index (χ0n) is 17.4. The molecule has 158 valence electrons. The minimum absolute atomic E-state index is 0.00280. The van der Waals surface area contributed by atoms with Crippen molar-refractivity contribution in [2.24, 2.45) is 0 Å². The molecular weight excluding hydrogens is 382 g/mol. The topological polar surface area (TPSA) is 87.7 Å². The van der Waals surface area contributed by atoms with Crippen LogP contribution in [0.15, 0.2) is 30.3 Å². The zero-order valence-corrected chi connectivity index (χ0v) is 17.4. The van der Waals surface area contributed by atoms with E-state index in [0.717, 1.165) is 36.5 Å². The summed E-state index contributed by atoms with van der Waals surface area (Å²) in [6.45, 7) is 3.38. The van der Waals surface area contributed by atoms with Crippen molar-refractivity contribution < 1.29 is 14.3 Å². The summed E-state index contributed by atoms with van der Waals surface area (Å²) in [6, 6.07) is 9.26. The van der Waals surface area contributed by atoms with Crippen LogP contribution < -0.4 is 10.1 Å². The predicted octanol–water partition coefficient (Wildman–Crippen LogP) is 2.17. The Morgan fingerprint density at radius 1 is 1.20 bits per heavy atom. The van der Waals surface area contributed by atoms with Crippen LogP contribution in [0.5, 0.6) is 5.75 Å². The van der Waals surface area contributed by atoms with Crippen molar-refractivity contribution in [3.63, 3.8) is 0 Å². The molecule has 8 nitrogen and oxygen atoms in total. The highest BCUT2D eigenvalue weighted by Gasteiger charge is 2.32. The number of ether oxygens (including phenoxy) is 1. The number of carbonyl (C=O) groups excluding carboxylic acids is 2. The number of nitrogens with one attached hydrogen (secondary N) is 1. The van der Waals surface area contributed by atoms with E-state index in [9.17, 15) is 9.59 Å². The highest BCUT2D eigenvalue weighted by Crippen LogP contribution is 2.33. The van der Waals surface area contributed by atoms with Gasteiger partial charge in [-0.1, -0.05) is 18.2 Å². The van der Waals surface area contributed by atoms with E-state index in [2.05, 4.69) is 5.32 Å². The SMILES string of the molecule is CNc1nc([C@@H]2CCCN2C(C)=O)nc2c1CN(C(=O)COc1ccccc1)CC2. The maximum Gasteiger partial charge on any atom is 0.260 e. The average molecular weight is 409 g/mol. The molecule has 0 saturated carbocycles. The average Bonchev–Trinajstić information content (AvgIpc) is 3.27. The Bertz CT molecular complexity index is 917. The summed E-state index contributed by atoms with van der Waals surface area (Å²) in [5.74, 6) is 2.10. The summed E-state index contributed by atoms with van der Waals surface area (Å²) in [5, 5.41) is 3.16. The van der Waals surface area contributed by atoms with Crippen LogP contribution in [-0.4, -0.2) is 58.3 Å². The minimum atomic E-state index is -0.0705. The van der Waals surface area contributed by atoms with Gasteiger partial charge >= 0.3 is 0 Å². The van der Waals surface area contributed by atoms with Crippen molar-refractivity contribution in [1.29, 1.82) is 0 Å². The number of aromatic nitrogens is 2. The van der Waals surface area contributed by atoms with Gasteiger partial charge in [0.1, 0.15) is 11.6 Å². The standard InChI is InChI=1S/C22H27N5O3/c1-15(28)27-11-6-9-19(27)22-24-18-10-12-26(13-17(18)21(23-2)25-22)20(29)14-30-16-7-4-3-5-8-16/h3-5,7-8,19H,6,9-14H2,1-2H3,(H,23,24,25)/t19-/m0/s1. The van der Waals surface area contributed by atoms with E-state index in [4.69, 9.17) is 14.7 Å². The number of anilines is 1. The fourth-order valence-electron chi connectivity index (χ4n) is 4.17. The number of benzene rings is 1. The first-order chi connectivity index (χ1) is 14.6. The number of fused-ring (bicyclic) bond motifs is 1. The van der Waals surface area contributed by atoms with Crippen LogP contribution in [0, 0.1) is 0 Å². The van der Waals surface area contributed by atoms with Crippen LogP contribution in [0.4, 0.5) is 5.82 Å². The lowest BCUT2D eigenvalue weighted by Gasteiger charge is -2.30. The molecule has 30 heavy (non-hydrogen) atoms. The summed E-state index contributed by atoms with van der Waals surface area (Å²) in [7, 11) is 1.82. The van der Waals surface area contributed by atoms with Crippen molar-refractivity contribution in [1.82, 2.24) is 19.8 Å². The first kappa shape index (κ1) is 20.1. The third-order valence-corrected chi connectivity index (χ3v) is 5.73. The Morgan fingerprint density at radius 3 is 2.73 bits per heavy atom. The van der Waals surface area contributed by atoms with Gasteiger partial charge in [-0.2, -0.15) is 0 Å². The van der Waals surface area contributed by atoms with Crippen molar-refractivity contribution >= 4 is 17.6 Å². The number of rotatable bonds is 5.